The number of hydrogen-bond acceptors (Lipinski definition) is 4. The predicted octanol–water partition coefficient (Wildman–Crippen LogP) is 0.495. The molecular weight excluding hydrogens is 236 g/mol. The molecule has 2 fully saturated rings. The lowest BCUT2D eigenvalue weighted by molar-refractivity contribution is 0.191. The van der Waals surface area contributed by atoms with Crippen LogP contribution in [-0.2, 0) is 9.84 Å². The van der Waals surface area contributed by atoms with Gasteiger partial charge in [0.05, 0.1) is 11.5 Å². The molecule has 0 amide bonds. The van der Waals surface area contributed by atoms with Gasteiger partial charge >= 0.3 is 0 Å². The number of likely N-dealkylation sites (tertiary alicyclic amines) is 1. The monoisotopic (exact) mass is 260 g/mol. The van der Waals surface area contributed by atoms with E-state index in [1.165, 1.54) is 25.9 Å². The molecule has 2 rings (SSSR count). The number of hydrogen-bond donors (Lipinski definition) is 1. The zero-order valence-corrected chi connectivity index (χ0v) is 11.5. The Hall–Kier alpha value is -0.130. The molecule has 0 spiro atoms. The molecule has 100 valence electrons. The van der Waals surface area contributed by atoms with Crippen LogP contribution in [0.1, 0.15) is 26.2 Å². The van der Waals surface area contributed by atoms with Crippen molar-refractivity contribution in [3.8, 4) is 0 Å². The Labute approximate surface area is 105 Å². The smallest absolute Gasteiger partial charge is 0.151 e. The topological polar surface area (TPSA) is 49.4 Å². The van der Waals surface area contributed by atoms with Gasteiger partial charge < -0.3 is 10.2 Å². The molecule has 0 aromatic heterocycles. The van der Waals surface area contributed by atoms with Crippen LogP contribution in [0.25, 0.3) is 0 Å². The second-order valence-electron chi connectivity index (χ2n) is 5.58. The van der Waals surface area contributed by atoms with Crippen molar-refractivity contribution < 1.29 is 8.42 Å². The fraction of sp³-hybridized carbons (Fsp3) is 1.00. The quantitative estimate of drug-likeness (QED) is 0.799. The van der Waals surface area contributed by atoms with Crippen LogP contribution in [0.15, 0.2) is 0 Å². The number of nitrogens with zero attached hydrogens (tertiary/aromatic N) is 1. The summed E-state index contributed by atoms with van der Waals surface area (Å²) in [7, 11) is -2.73. The Morgan fingerprint density at radius 3 is 2.53 bits per heavy atom. The summed E-state index contributed by atoms with van der Waals surface area (Å²) in [6, 6.07) is 0.198. The molecule has 1 atom stereocenters. The SMILES string of the molecule is CC1CCN(CCNC2CCS(=O)(=O)C2)CC1. The highest BCUT2D eigenvalue weighted by Crippen LogP contribution is 2.15. The molecule has 0 bridgehead atoms. The summed E-state index contributed by atoms with van der Waals surface area (Å²) in [5.74, 6) is 1.58. The molecule has 2 aliphatic heterocycles. The van der Waals surface area contributed by atoms with Crippen LogP contribution in [0.5, 0.6) is 0 Å². The van der Waals surface area contributed by atoms with E-state index in [1.54, 1.807) is 0 Å². The fourth-order valence-corrected chi connectivity index (χ4v) is 4.38. The van der Waals surface area contributed by atoms with Crippen LogP contribution in [0.2, 0.25) is 0 Å². The summed E-state index contributed by atoms with van der Waals surface area (Å²) in [5.41, 5.74) is 0. The largest absolute Gasteiger partial charge is 0.312 e. The molecule has 0 saturated carbocycles. The van der Waals surface area contributed by atoms with Gasteiger partial charge in [0.1, 0.15) is 0 Å². The van der Waals surface area contributed by atoms with Crippen LogP contribution < -0.4 is 5.32 Å². The molecule has 1 N–H and O–H groups in total. The van der Waals surface area contributed by atoms with Gasteiger partial charge in [-0.1, -0.05) is 6.92 Å². The van der Waals surface area contributed by atoms with Gasteiger partial charge in [-0.05, 0) is 38.3 Å². The maximum absolute atomic E-state index is 11.3. The summed E-state index contributed by atoms with van der Waals surface area (Å²) in [5, 5.41) is 3.37. The summed E-state index contributed by atoms with van der Waals surface area (Å²) in [6.45, 7) is 6.70. The van der Waals surface area contributed by atoms with Gasteiger partial charge in [-0.25, -0.2) is 8.42 Å². The minimum Gasteiger partial charge on any atom is -0.312 e. The van der Waals surface area contributed by atoms with E-state index in [1.807, 2.05) is 0 Å². The molecule has 5 heteroatoms. The Bertz CT molecular complexity index is 334. The first-order chi connectivity index (χ1) is 8.05. The Kier molecular flexibility index (Phi) is 4.44. The molecule has 0 aromatic carbocycles. The standard InChI is InChI=1S/C12H24N2O2S/c1-11-2-6-14(7-3-11)8-5-13-12-4-9-17(15,16)10-12/h11-13H,2-10H2,1H3. The normalized spacial score (nSPS) is 30.8. The van der Waals surface area contributed by atoms with Gasteiger partial charge in [0.2, 0.25) is 0 Å². The van der Waals surface area contributed by atoms with E-state index in [4.69, 9.17) is 0 Å². The van der Waals surface area contributed by atoms with E-state index >= 15 is 0 Å². The number of piperidine rings is 1. The zero-order chi connectivity index (χ0) is 12.3. The van der Waals surface area contributed by atoms with Gasteiger partial charge in [0.15, 0.2) is 9.84 Å². The maximum Gasteiger partial charge on any atom is 0.151 e. The van der Waals surface area contributed by atoms with E-state index in [0.717, 1.165) is 25.4 Å². The van der Waals surface area contributed by atoms with Crippen molar-refractivity contribution in [1.29, 1.82) is 0 Å². The van der Waals surface area contributed by atoms with Crippen molar-refractivity contribution in [1.82, 2.24) is 10.2 Å². The predicted molar refractivity (Wildman–Crippen MR) is 69.9 cm³/mol. The summed E-state index contributed by atoms with van der Waals surface area (Å²) < 4.78 is 22.6. The molecule has 2 aliphatic rings. The molecule has 17 heavy (non-hydrogen) atoms. The van der Waals surface area contributed by atoms with Gasteiger partial charge in [0, 0.05) is 19.1 Å². The Morgan fingerprint density at radius 2 is 1.94 bits per heavy atom. The third-order valence-corrected chi connectivity index (χ3v) is 5.74. The first kappa shape index (κ1) is 13.3. The minimum atomic E-state index is -2.73. The third kappa shape index (κ3) is 4.23. The van der Waals surface area contributed by atoms with Crippen LogP contribution in [0.3, 0.4) is 0 Å². The lowest BCUT2D eigenvalue weighted by Gasteiger charge is -2.30. The van der Waals surface area contributed by atoms with E-state index in [-0.39, 0.29) is 6.04 Å². The van der Waals surface area contributed by atoms with E-state index in [2.05, 4.69) is 17.1 Å². The van der Waals surface area contributed by atoms with Crippen LogP contribution in [0, 0.1) is 5.92 Å². The number of sulfone groups is 1. The molecular formula is C12H24N2O2S. The first-order valence-corrected chi connectivity index (χ1v) is 8.53. The van der Waals surface area contributed by atoms with Gasteiger partial charge in [-0.15, -0.1) is 0 Å². The van der Waals surface area contributed by atoms with E-state index in [9.17, 15) is 8.42 Å². The Balaban J connectivity index is 1.60. The second-order valence-corrected chi connectivity index (χ2v) is 7.81. The van der Waals surface area contributed by atoms with Crippen molar-refractivity contribution in [2.45, 2.75) is 32.2 Å². The average molecular weight is 260 g/mol. The molecule has 4 nitrogen and oxygen atoms in total. The molecule has 2 saturated heterocycles. The van der Waals surface area contributed by atoms with Crippen molar-refractivity contribution in [2.24, 2.45) is 5.92 Å². The van der Waals surface area contributed by atoms with Crippen molar-refractivity contribution in [3.63, 3.8) is 0 Å². The lowest BCUT2D eigenvalue weighted by atomic mass is 9.99. The third-order valence-electron chi connectivity index (χ3n) is 3.97. The van der Waals surface area contributed by atoms with Crippen LogP contribution in [0.4, 0.5) is 0 Å². The maximum atomic E-state index is 11.3. The average Bonchev–Trinajstić information content (AvgIpc) is 2.61. The highest BCUT2D eigenvalue weighted by atomic mass is 32.2. The molecule has 2 heterocycles. The highest BCUT2D eigenvalue weighted by molar-refractivity contribution is 7.91. The number of rotatable bonds is 4. The van der Waals surface area contributed by atoms with Gasteiger partial charge in [-0.3, -0.25) is 0 Å². The number of nitrogens with one attached hydrogen (secondary N) is 1. The summed E-state index contributed by atoms with van der Waals surface area (Å²) >= 11 is 0. The van der Waals surface area contributed by atoms with Gasteiger partial charge in [0.25, 0.3) is 0 Å². The highest BCUT2D eigenvalue weighted by Gasteiger charge is 2.27. The van der Waals surface area contributed by atoms with E-state index in [0.29, 0.717) is 11.5 Å². The molecule has 0 aliphatic carbocycles. The molecule has 0 aromatic rings. The van der Waals surface area contributed by atoms with Crippen LogP contribution in [-0.4, -0.2) is 57.0 Å². The molecule has 0 radical (unpaired) electrons. The zero-order valence-electron chi connectivity index (χ0n) is 10.7. The summed E-state index contributed by atoms with van der Waals surface area (Å²) in [4.78, 5) is 2.48. The van der Waals surface area contributed by atoms with Crippen molar-refractivity contribution in [3.05, 3.63) is 0 Å². The van der Waals surface area contributed by atoms with Gasteiger partial charge in [-0.2, -0.15) is 0 Å². The second kappa shape index (κ2) is 5.67. The Morgan fingerprint density at radius 1 is 1.24 bits per heavy atom. The minimum absolute atomic E-state index is 0.198. The van der Waals surface area contributed by atoms with Crippen LogP contribution >= 0.6 is 0 Å². The van der Waals surface area contributed by atoms with Crippen molar-refractivity contribution >= 4 is 9.84 Å². The summed E-state index contributed by atoms with van der Waals surface area (Å²) in [6.07, 6.45) is 3.40. The lowest BCUT2D eigenvalue weighted by Crippen LogP contribution is -2.40. The molecule has 1 unspecified atom stereocenters. The van der Waals surface area contributed by atoms with E-state index < -0.39 is 9.84 Å². The first-order valence-electron chi connectivity index (χ1n) is 6.71. The fourth-order valence-electron chi connectivity index (χ4n) is 2.67. The van der Waals surface area contributed by atoms with Crippen molar-refractivity contribution in [2.75, 3.05) is 37.7 Å².